The van der Waals surface area contributed by atoms with Crippen LogP contribution in [0.5, 0.6) is 11.5 Å². The minimum Gasteiger partial charge on any atom is -0.490 e. The lowest BCUT2D eigenvalue weighted by Crippen LogP contribution is -2.22. The minimum absolute atomic E-state index is 0.0282. The van der Waals surface area contributed by atoms with Crippen LogP contribution < -0.4 is 14.9 Å². The molecule has 0 heterocycles. The lowest BCUT2D eigenvalue weighted by Gasteiger charge is -2.15. The molecule has 0 aromatic heterocycles. The summed E-state index contributed by atoms with van der Waals surface area (Å²) in [4.78, 5) is 12.6. The average Bonchev–Trinajstić information content (AvgIpc) is 3.40. The van der Waals surface area contributed by atoms with E-state index in [0.29, 0.717) is 40.7 Å². The molecular formula is C25H28Cl2N2O3. The maximum Gasteiger partial charge on any atom is 0.244 e. The van der Waals surface area contributed by atoms with Crippen LogP contribution >= 0.6 is 23.2 Å². The van der Waals surface area contributed by atoms with Crippen LogP contribution in [-0.4, -0.2) is 18.7 Å². The summed E-state index contributed by atoms with van der Waals surface area (Å²) in [6.07, 6.45) is 6.37. The molecule has 0 bridgehead atoms. The number of fused-ring (bicyclic) bond motifs is 1. The molecule has 4 rings (SSSR count). The first-order chi connectivity index (χ1) is 15.4. The van der Waals surface area contributed by atoms with E-state index in [-0.39, 0.29) is 17.2 Å². The van der Waals surface area contributed by atoms with Gasteiger partial charge in [-0.2, -0.15) is 5.10 Å². The van der Waals surface area contributed by atoms with Gasteiger partial charge >= 0.3 is 0 Å². The molecular weight excluding hydrogens is 447 g/mol. The molecule has 3 atom stereocenters. The number of carbonyl (C=O) groups excluding carboxylic acids is 1. The van der Waals surface area contributed by atoms with Crippen molar-refractivity contribution in [2.45, 2.75) is 46.1 Å². The molecule has 2 aliphatic rings. The number of ether oxygens (including phenoxy) is 2. The number of nitrogens with one attached hydrogen (secondary N) is 1. The molecule has 5 nitrogen and oxygen atoms in total. The highest BCUT2D eigenvalue weighted by Crippen LogP contribution is 2.66. The summed E-state index contributed by atoms with van der Waals surface area (Å²) in [7, 11) is 0. The zero-order valence-corrected chi connectivity index (χ0v) is 19.9. The highest BCUT2D eigenvalue weighted by Gasteiger charge is 2.64. The number of rotatable bonds is 8. The summed E-state index contributed by atoms with van der Waals surface area (Å²) in [6.45, 7) is 4.93. The Morgan fingerprint density at radius 3 is 2.75 bits per heavy atom. The van der Waals surface area contributed by atoms with Crippen LogP contribution in [0.2, 0.25) is 10.0 Å². The molecule has 2 aliphatic carbocycles. The van der Waals surface area contributed by atoms with Crippen LogP contribution in [0.15, 0.2) is 41.5 Å². The lowest BCUT2D eigenvalue weighted by atomic mass is 9.90. The highest BCUT2D eigenvalue weighted by molar-refractivity contribution is 6.35. The van der Waals surface area contributed by atoms with Gasteiger partial charge < -0.3 is 9.47 Å². The third-order valence-corrected chi connectivity index (χ3v) is 7.26. The van der Waals surface area contributed by atoms with Gasteiger partial charge in [0.2, 0.25) is 5.91 Å². The SMILES string of the molecule is CCOc1cc(/C=N\NC(=O)[C@@H]2[C@H]3CCCC[C@@]32C)ccc1OCc1ccc(Cl)cc1Cl. The van der Waals surface area contributed by atoms with Crippen molar-refractivity contribution < 1.29 is 14.3 Å². The van der Waals surface area contributed by atoms with Crippen molar-refractivity contribution in [1.29, 1.82) is 0 Å². The first-order valence-corrected chi connectivity index (χ1v) is 11.8. The Kier molecular flexibility index (Phi) is 6.96. The van der Waals surface area contributed by atoms with Crippen molar-refractivity contribution in [2.24, 2.45) is 22.4 Å². The topological polar surface area (TPSA) is 59.9 Å². The van der Waals surface area contributed by atoms with Crippen molar-refractivity contribution >= 4 is 35.3 Å². The molecule has 32 heavy (non-hydrogen) atoms. The van der Waals surface area contributed by atoms with E-state index in [1.54, 1.807) is 18.3 Å². The van der Waals surface area contributed by atoms with Crippen molar-refractivity contribution in [1.82, 2.24) is 5.43 Å². The fourth-order valence-corrected chi connectivity index (χ4v) is 5.34. The molecule has 0 aliphatic heterocycles. The molecule has 1 amide bonds. The fourth-order valence-electron chi connectivity index (χ4n) is 4.88. The van der Waals surface area contributed by atoms with E-state index in [1.807, 2.05) is 31.2 Å². The van der Waals surface area contributed by atoms with Crippen molar-refractivity contribution in [3.63, 3.8) is 0 Å². The Bertz CT molecular complexity index is 1030. The predicted molar refractivity (Wildman–Crippen MR) is 128 cm³/mol. The molecule has 0 radical (unpaired) electrons. The van der Waals surface area contributed by atoms with E-state index in [1.165, 1.54) is 12.8 Å². The lowest BCUT2D eigenvalue weighted by molar-refractivity contribution is -0.123. The number of halogens is 2. The van der Waals surface area contributed by atoms with Gasteiger partial charge in [0.15, 0.2) is 11.5 Å². The van der Waals surface area contributed by atoms with E-state index in [0.717, 1.165) is 24.0 Å². The van der Waals surface area contributed by atoms with Crippen LogP contribution in [0.3, 0.4) is 0 Å². The number of amides is 1. The monoisotopic (exact) mass is 474 g/mol. The van der Waals surface area contributed by atoms with Crippen LogP contribution in [0.1, 0.15) is 50.7 Å². The van der Waals surface area contributed by atoms with Gasteiger partial charge in [0.1, 0.15) is 6.61 Å². The first kappa shape index (κ1) is 22.9. The molecule has 2 aromatic carbocycles. The Morgan fingerprint density at radius 1 is 1.19 bits per heavy atom. The normalized spacial score (nSPS) is 24.1. The van der Waals surface area contributed by atoms with Gasteiger partial charge in [-0.05, 0) is 67.0 Å². The molecule has 0 saturated heterocycles. The minimum atomic E-state index is 0.0282. The van der Waals surface area contributed by atoms with Crippen molar-refractivity contribution in [3.05, 3.63) is 57.6 Å². The fraction of sp³-hybridized carbons (Fsp3) is 0.440. The second kappa shape index (κ2) is 9.72. The van der Waals surface area contributed by atoms with Crippen LogP contribution in [-0.2, 0) is 11.4 Å². The standard InChI is InChI=1S/C25H28Cl2N2O3/c1-3-31-22-12-16(7-10-21(22)32-15-17-8-9-18(26)13-20(17)27)14-28-29-24(30)23-19-6-4-5-11-25(19,23)2/h7-10,12-14,19,23H,3-6,11,15H2,1-2H3,(H,29,30)/b28-14-/t19-,23+,25+/m1/s1. The Balaban J connectivity index is 1.38. The van der Waals surface area contributed by atoms with Gasteiger partial charge in [-0.1, -0.05) is 49.0 Å². The van der Waals surface area contributed by atoms with Gasteiger partial charge in [-0.15, -0.1) is 0 Å². The van der Waals surface area contributed by atoms with Gasteiger partial charge in [-0.25, -0.2) is 5.43 Å². The maximum atomic E-state index is 12.6. The highest BCUT2D eigenvalue weighted by atomic mass is 35.5. The first-order valence-electron chi connectivity index (χ1n) is 11.1. The Hall–Kier alpha value is -2.24. The number of benzene rings is 2. The van der Waals surface area contributed by atoms with Gasteiger partial charge in [-0.3, -0.25) is 4.79 Å². The molecule has 2 aromatic rings. The van der Waals surface area contributed by atoms with E-state index in [2.05, 4.69) is 17.5 Å². The third kappa shape index (κ3) is 4.89. The summed E-state index contributed by atoms with van der Waals surface area (Å²) in [5, 5.41) is 5.32. The second-order valence-electron chi connectivity index (χ2n) is 8.73. The number of hydrogen-bond donors (Lipinski definition) is 1. The van der Waals surface area contributed by atoms with Gasteiger partial charge in [0.05, 0.1) is 12.8 Å². The largest absolute Gasteiger partial charge is 0.490 e. The summed E-state index contributed by atoms with van der Waals surface area (Å²) in [6, 6.07) is 10.8. The summed E-state index contributed by atoms with van der Waals surface area (Å²) >= 11 is 12.2. The third-order valence-electron chi connectivity index (χ3n) is 6.67. The Morgan fingerprint density at radius 2 is 2.03 bits per heavy atom. The molecule has 0 spiro atoms. The second-order valence-corrected chi connectivity index (χ2v) is 9.58. The zero-order chi connectivity index (χ0) is 22.7. The molecule has 0 unspecified atom stereocenters. The average molecular weight is 475 g/mol. The van der Waals surface area contributed by atoms with Crippen molar-refractivity contribution in [3.8, 4) is 11.5 Å². The number of hydrogen-bond acceptors (Lipinski definition) is 4. The quantitative estimate of drug-likeness (QED) is 0.363. The number of hydrazone groups is 1. The smallest absolute Gasteiger partial charge is 0.244 e. The van der Waals surface area contributed by atoms with Crippen molar-refractivity contribution in [2.75, 3.05) is 6.61 Å². The molecule has 170 valence electrons. The predicted octanol–water partition coefficient (Wildman–Crippen LogP) is 6.25. The molecule has 1 N–H and O–H groups in total. The zero-order valence-electron chi connectivity index (χ0n) is 18.4. The summed E-state index contributed by atoms with van der Waals surface area (Å²) < 4.78 is 11.7. The molecule has 2 fully saturated rings. The van der Waals surface area contributed by atoms with Crippen LogP contribution in [0.25, 0.3) is 0 Å². The van der Waals surface area contributed by atoms with Crippen LogP contribution in [0.4, 0.5) is 0 Å². The summed E-state index contributed by atoms with van der Waals surface area (Å²) in [5.74, 6) is 1.85. The van der Waals surface area contributed by atoms with E-state index < -0.39 is 0 Å². The molecule has 2 saturated carbocycles. The Labute approximate surface area is 199 Å². The van der Waals surface area contributed by atoms with Crippen LogP contribution in [0, 0.1) is 17.3 Å². The van der Waals surface area contributed by atoms with Gasteiger partial charge in [0, 0.05) is 21.5 Å². The van der Waals surface area contributed by atoms with E-state index in [9.17, 15) is 4.79 Å². The summed E-state index contributed by atoms with van der Waals surface area (Å²) in [5.41, 5.74) is 4.55. The number of nitrogens with zero attached hydrogens (tertiary/aromatic N) is 1. The van der Waals surface area contributed by atoms with E-state index >= 15 is 0 Å². The van der Waals surface area contributed by atoms with Gasteiger partial charge in [0.25, 0.3) is 0 Å². The van der Waals surface area contributed by atoms with E-state index in [4.69, 9.17) is 32.7 Å². The molecule has 7 heteroatoms. The maximum absolute atomic E-state index is 12.6. The number of carbonyl (C=O) groups is 1.